The van der Waals surface area contributed by atoms with Crippen LogP contribution in [0.2, 0.25) is 0 Å². The molecule has 0 spiro atoms. The van der Waals surface area contributed by atoms with Gasteiger partial charge in [-0.05, 0) is 0 Å². The van der Waals surface area contributed by atoms with E-state index in [1.54, 1.807) is 0 Å². The number of allylic oxidation sites excluding steroid dienone is 2. The van der Waals surface area contributed by atoms with E-state index in [0.29, 0.717) is 0 Å². The number of halogens is 7. The van der Waals surface area contributed by atoms with Gasteiger partial charge in [-0.1, -0.05) is 0 Å². The summed E-state index contributed by atoms with van der Waals surface area (Å²) in [6, 6.07) is 0. The van der Waals surface area contributed by atoms with Gasteiger partial charge >= 0.3 is 11.8 Å². The number of hydrogen-bond donors (Lipinski definition) is 0. The minimum atomic E-state index is -5.15. The summed E-state index contributed by atoms with van der Waals surface area (Å²) >= 11 is 0. The molecule has 0 saturated heterocycles. The molecule has 2 aliphatic rings. The maximum Gasteiger partial charge on any atom is 0.351 e. The molecule has 0 N–H and O–H groups in total. The Hall–Kier alpha value is -0.750. The predicted octanol–water partition coefficient (Wildman–Crippen LogP) is 2.76. The summed E-state index contributed by atoms with van der Waals surface area (Å²) < 4.78 is 86.0. The monoisotopic (exact) mass is 206 g/mol. The van der Waals surface area contributed by atoms with E-state index in [0.717, 1.165) is 0 Å². The van der Waals surface area contributed by atoms with Gasteiger partial charge in [-0.2, -0.15) is 17.6 Å². The molecule has 0 nitrogen and oxygen atoms in total. The van der Waals surface area contributed by atoms with Gasteiger partial charge in [0.2, 0.25) is 5.67 Å². The van der Waals surface area contributed by atoms with Crippen LogP contribution in [0.4, 0.5) is 30.7 Å². The third-order valence-electron chi connectivity index (χ3n) is 2.42. The Balaban J connectivity index is 2.53. The van der Waals surface area contributed by atoms with Gasteiger partial charge in [-0.3, -0.25) is 0 Å². The Labute approximate surface area is 67.0 Å². The van der Waals surface area contributed by atoms with E-state index in [2.05, 4.69) is 0 Å². The molecule has 2 rings (SSSR count). The van der Waals surface area contributed by atoms with Gasteiger partial charge in [0.15, 0.2) is 5.83 Å². The summed E-state index contributed by atoms with van der Waals surface area (Å²) in [6.07, 6.45) is 0. The summed E-state index contributed by atoms with van der Waals surface area (Å²) in [5.74, 6) is -17.5. The Morgan fingerprint density at radius 2 is 1.38 bits per heavy atom. The lowest BCUT2D eigenvalue weighted by atomic mass is 9.55. The van der Waals surface area contributed by atoms with Gasteiger partial charge in [0, 0.05) is 0 Å². The molecular formula is C6HF7. The average Bonchev–Trinajstić information content (AvgIpc) is 2.02. The number of rotatable bonds is 0. The molecule has 2 aliphatic carbocycles. The molecule has 1 fully saturated rings. The molecule has 0 aromatic rings. The minimum absolute atomic E-state index is 2.11. The first-order valence-corrected chi connectivity index (χ1v) is 3.19. The molecule has 0 aromatic carbocycles. The molecule has 0 aromatic heterocycles. The van der Waals surface area contributed by atoms with Crippen LogP contribution in [-0.4, -0.2) is 17.5 Å². The molecule has 7 heteroatoms. The molecule has 0 bridgehead atoms. The van der Waals surface area contributed by atoms with E-state index in [-0.39, 0.29) is 0 Å². The second kappa shape index (κ2) is 1.72. The lowest BCUT2D eigenvalue weighted by Gasteiger charge is -2.58. The maximum absolute atomic E-state index is 12.7. The second-order valence-electron chi connectivity index (χ2n) is 3.00. The highest BCUT2D eigenvalue weighted by Gasteiger charge is 2.96. The normalized spacial score (nSPS) is 45.0. The molecule has 0 heterocycles. The van der Waals surface area contributed by atoms with Crippen LogP contribution < -0.4 is 0 Å². The van der Waals surface area contributed by atoms with Crippen molar-refractivity contribution in [2.24, 2.45) is 5.92 Å². The van der Waals surface area contributed by atoms with Crippen LogP contribution in [0, 0.1) is 5.92 Å². The number of fused-ring (bicyclic) bond motifs is 1. The first-order valence-electron chi connectivity index (χ1n) is 3.19. The Bertz CT molecular complexity index is 317. The fourth-order valence-corrected chi connectivity index (χ4v) is 1.60. The lowest BCUT2D eigenvalue weighted by Crippen LogP contribution is -2.81. The molecule has 2 atom stereocenters. The largest absolute Gasteiger partial charge is 0.351 e. The summed E-state index contributed by atoms with van der Waals surface area (Å²) in [6.45, 7) is 0. The maximum atomic E-state index is 12.7. The standard InChI is InChI=1S/C6HF7/c7-1-2-4(9,3(1)8)6(12,13)5(2,10)11/h2H. The van der Waals surface area contributed by atoms with E-state index in [1.807, 2.05) is 0 Å². The van der Waals surface area contributed by atoms with Gasteiger partial charge in [0.05, 0.1) is 0 Å². The van der Waals surface area contributed by atoms with Crippen LogP contribution >= 0.6 is 0 Å². The van der Waals surface area contributed by atoms with E-state index in [4.69, 9.17) is 0 Å². The van der Waals surface area contributed by atoms with Gasteiger partial charge in [-0.15, -0.1) is 0 Å². The average molecular weight is 206 g/mol. The highest BCUT2D eigenvalue weighted by Crippen LogP contribution is 2.74. The molecule has 74 valence electrons. The fraction of sp³-hybridized carbons (Fsp3) is 0.667. The van der Waals surface area contributed by atoms with E-state index >= 15 is 0 Å². The van der Waals surface area contributed by atoms with Crippen molar-refractivity contribution in [2.45, 2.75) is 17.5 Å². The number of hydrogen-bond acceptors (Lipinski definition) is 0. The van der Waals surface area contributed by atoms with Crippen LogP contribution in [0.1, 0.15) is 0 Å². The molecule has 2 unspecified atom stereocenters. The highest BCUT2D eigenvalue weighted by molar-refractivity contribution is 5.48. The molecule has 0 aliphatic heterocycles. The van der Waals surface area contributed by atoms with Gasteiger partial charge in [-0.25, -0.2) is 13.2 Å². The van der Waals surface area contributed by atoms with Crippen LogP contribution in [-0.2, 0) is 0 Å². The highest BCUT2D eigenvalue weighted by atomic mass is 19.3. The summed E-state index contributed by atoms with van der Waals surface area (Å²) in [7, 11) is 0. The van der Waals surface area contributed by atoms with Crippen molar-refractivity contribution < 1.29 is 30.7 Å². The van der Waals surface area contributed by atoms with Crippen molar-refractivity contribution >= 4 is 0 Å². The molecule has 13 heavy (non-hydrogen) atoms. The van der Waals surface area contributed by atoms with Crippen molar-refractivity contribution in [3.05, 3.63) is 11.7 Å². The van der Waals surface area contributed by atoms with Crippen molar-refractivity contribution in [1.29, 1.82) is 0 Å². The Morgan fingerprint density at radius 3 is 1.77 bits per heavy atom. The smallest absolute Gasteiger partial charge is 0.228 e. The molecule has 0 radical (unpaired) electrons. The van der Waals surface area contributed by atoms with Crippen LogP contribution in [0.25, 0.3) is 0 Å². The van der Waals surface area contributed by atoms with E-state index < -0.39 is 35.1 Å². The van der Waals surface area contributed by atoms with Crippen molar-refractivity contribution in [3.63, 3.8) is 0 Å². The molecular weight excluding hydrogens is 205 g/mol. The van der Waals surface area contributed by atoms with Crippen LogP contribution in [0.15, 0.2) is 11.7 Å². The summed E-state index contributed by atoms with van der Waals surface area (Å²) in [5.41, 5.74) is -4.12. The fourth-order valence-electron chi connectivity index (χ4n) is 1.60. The summed E-state index contributed by atoms with van der Waals surface area (Å²) in [5, 5.41) is 0. The third-order valence-corrected chi connectivity index (χ3v) is 2.42. The zero-order valence-electron chi connectivity index (χ0n) is 5.72. The van der Waals surface area contributed by atoms with Gasteiger partial charge < -0.3 is 0 Å². The minimum Gasteiger partial charge on any atom is -0.228 e. The van der Waals surface area contributed by atoms with Crippen LogP contribution in [0.5, 0.6) is 0 Å². The quantitative estimate of drug-likeness (QED) is 0.534. The van der Waals surface area contributed by atoms with Crippen LogP contribution in [0.3, 0.4) is 0 Å². The van der Waals surface area contributed by atoms with Crippen molar-refractivity contribution in [2.75, 3.05) is 0 Å². The zero-order chi connectivity index (χ0) is 10.2. The zero-order valence-corrected chi connectivity index (χ0v) is 5.72. The molecule has 1 saturated carbocycles. The third kappa shape index (κ3) is 0.515. The topological polar surface area (TPSA) is 0 Å². The Kier molecular flexibility index (Phi) is 1.17. The first kappa shape index (κ1) is 8.83. The predicted molar refractivity (Wildman–Crippen MR) is 26.5 cm³/mol. The summed E-state index contributed by atoms with van der Waals surface area (Å²) in [4.78, 5) is 0. The lowest BCUT2D eigenvalue weighted by molar-refractivity contribution is -0.398. The number of alkyl halides is 5. The SMILES string of the molecule is FC1=C(F)C2(F)C1C(F)(F)C2(F)F. The van der Waals surface area contributed by atoms with Gasteiger partial charge in [0.25, 0.3) is 0 Å². The van der Waals surface area contributed by atoms with Gasteiger partial charge in [0.1, 0.15) is 11.7 Å². The molecule has 0 amide bonds. The van der Waals surface area contributed by atoms with E-state index in [1.165, 1.54) is 0 Å². The van der Waals surface area contributed by atoms with E-state index in [9.17, 15) is 30.7 Å². The first-order chi connectivity index (χ1) is 5.69. The van der Waals surface area contributed by atoms with Crippen molar-refractivity contribution in [1.82, 2.24) is 0 Å². The Morgan fingerprint density at radius 1 is 0.923 bits per heavy atom. The second-order valence-corrected chi connectivity index (χ2v) is 3.00. The van der Waals surface area contributed by atoms with Crippen molar-refractivity contribution in [3.8, 4) is 0 Å².